The summed E-state index contributed by atoms with van der Waals surface area (Å²) < 4.78 is 6.90. The van der Waals surface area contributed by atoms with E-state index < -0.39 is 0 Å². The molecule has 3 amide bonds. The maximum Gasteiger partial charge on any atom is 0.315 e. The van der Waals surface area contributed by atoms with Crippen LogP contribution in [0.2, 0.25) is 0 Å². The molecule has 34 heavy (non-hydrogen) atoms. The Balaban J connectivity index is 1.25. The molecular formula is C25H33N5O4. The molecule has 0 radical (unpaired) electrons. The zero-order valence-electron chi connectivity index (χ0n) is 19.4. The van der Waals surface area contributed by atoms with Crippen LogP contribution in [0.4, 0.5) is 4.79 Å². The van der Waals surface area contributed by atoms with Crippen LogP contribution in [-0.2, 0) is 6.54 Å². The zero-order valence-corrected chi connectivity index (χ0v) is 19.4. The number of piperidine rings is 1. The Kier molecular flexibility index (Phi) is 8.17. The van der Waals surface area contributed by atoms with Gasteiger partial charge < -0.3 is 20.3 Å². The summed E-state index contributed by atoms with van der Waals surface area (Å²) >= 11 is 0. The molecule has 1 aromatic carbocycles. The normalized spacial score (nSPS) is 17.2. The van der Waals surface area contributed by atoms with E-state index in [0.29, 0.717) is 31.7 Å². The van der Waals surface area contributed by atoms with Gasteiger partial charge in [0.05, 0.1) is 6.54 Å². The van der Waals surface area contributed by atoms with E-state index in [0.717, 1.165) is 12.8 Å². The van der Waals surface area contributed by atoms with Gasteiger partial charge in [0, 0.05) is 31.2 Å². The van der Waals surface area contributed by atoms with E-state index in [1.54, 1.807) is 4.90 Å². The van der Waals surface area contributed by atoms with Gasteiger partial charge >= 0.3 is 6.03 Å². The molecule has 182 valence electrons. The smallest absolute Gasteiger partial charge is 0.315 e. The molecule has 0 atom stereocenters. The van der Waals surface area contributed by atoms with Crippen LogP contribution in [0.25, 0.3) is 0 Å². The van der Waals surface area contributed by atoms with Crippen molar-refractivity contribution >= 4 is 11.9 Å². The Morgan fingerprint density at radius 3 is 2.29 bits per heavy atom. The molecule has 4 rings (SSSR count). The third-order valence-electron chi connectivity index (χ3n) is 6.46. The fourth-order valence-corrected chi connectivity index (χ4v) is 4.54. The summed E-state index contributed by atoms with van der Waals surface area (Å²) in [5, 5.41) is 10.4. The van der Waals surface area contributed by atoms with Crippen molar-refractivity contribution < 1.29 is 14.3 Å². The molecule has 0 bridgehead atoms. The Bertz CT molecular complexity index is 1010. The van der Waals surface area contributed by atoms with Crippen LogP contribution in [0.3, 0.4) is 0 Å². The number of amides is 3. The number of nitrogens with one attached hydrogen (secondary N) is 2. The van der Waals surface area contributed by atoms with Gasteiger partial charge in [0.25, 0.3) is 11.5 Å². The van der Waals surface area contributed by atoms with Crippen molar-refractivity contribution in [3.05, 3.63) is 58.5 Å². The van der Waals surface area contributed by atoms with Crippen LogP contribution in [-0.4, -0.2) is 58.4 Å². The fourth-order valence-electron chi connectivity index (χ4n) is 4.54. The Morgan fingerprint density at radius 1 is 0.912 bits per heavy atom. The van der Waals surface area contributed by atoms with Crippen LogP contribution in [0.5, 0.6) is 5.75 Å². The van der Waals surface area contributed by atoms with E-state index in [2.05, 4.69) is 15.7 Å². The second kappa shape index (κ2) is 11.7. The molecule has 9 nitrogen and oxygen atoms in total. The zero-order chi connectivity index (χ0) is 23.8. The quantitative estimate of drug-likeness (QED) is 0.651. The maximum absolute atomic E-state index is 13.0. The van der Waals surface area contributed by atoms with Crippen LogP contribution in [0.1, 0.15) is 55.4 Å². The Labute approximate surface area is 199 Å². The number of aromatic nitrogens is 2. The highest BCUT2D eigenvalue weighted by Crippen LogP contribution is 2.18. The summed E-state index contributed by atoms with van der Waals surface area (Å²) in [5.41, 5.74) is -0.0409. The molecule has 1 saturated carbocycles. The number of likely N-dealkylation sites (tertiary alicyclic amines) is 1. The first kappa shape index (κ1) is 23.8. The molecule has 1 aliphatic heterocycles. The van der Waals surface area contributed by atoms with Crippen LogP contribution in [0, 0.1) is 0 Å². The Hall–Kier alpha value is -3.36. The van der Waals surface area contributed by atoms with E-state index in [1.807, 2.05) is 30.3 Å². The first-order chi connectivity index (χ1) is 16.6. The number of hydrogen-bond acceptors (Lipinski definition) is 5. The standard InChI is InChI=1S/C25H33N5O4/c31-23-12-11-22(28-30(23)17-18-34-21-9-5-2-6-10-21)24(32)29-15-13-20(14-16-29)27-25(33)26-19-7-3-1-4-8-19/h2,5-6,9-12,19-20H,1,3-4,7-8,13-18H2,(H2,26,27,33). The monoisotopic (exact) mass is 467 g/mol. The van der Waals surface area contributed by atoms with Crippen LogP contribution >= 0.6 is 0 Å². The summed E-state index contributed by atoms with van der Waals surface area (Å²) in [6, 6.07) is 12.4. The molecule has 1 aromatic heterocycles. The van der Waals surface area contributed by atoms with E-state index in [4.69, 9.17) is 4.74 Å². The molecule has 2 aromatic rings. The van der Waals surface area contributed by atoms with Gasteiger partial charge in [-0.05, 0) is 43.9 Å². The number of rotatable bonds is 7. The fraction of sp³-hybridized carbons (Fsp3) is 0.520. The third kappa shape index (κ3) is 6.59. The van der Waals surface area contributed by atoms with E-state index in [1.165, 1.54) is 36.1 Å². The number of nitrogens with zero attached hydrogens (tertiary/aromatic N) is 3. The first-order valence-electron chi connectivity index (χ1n) is 12.2. The topological polar surface area (TPSA) is 106 Å². The molecule has 0 unspecified atom stereocenters. The van der Waals surface area contributed by atoms with Gasteiger partial charge in [-0.3, -0.25) is 9.59 Å². The average molecular weight is 468 g/mol. The minimum absolute atomic E-state index is 0.0460. The van der Waals surface area contributed by atoms with E-state index in [-0.39, 0.29) is 48.4 Å². The second-order valence-electron chi connectivity index (χ2n) is 8.96. The largest absolute Gasteiger partial charge is 0.492 e. The number of carbonyl (C=O) groups excluding carboxylic acids is 2. The summed E-state index contributed by atoms with van der Waals surface area (Å²) in [6.45, 7) is 1.59. The van der Waals surface area contributed by atoms with Gasteiger partial charge in [-0.1, -0.05) is 37.5 Å². The summed E-state index contributed by atoms with van der Waals surface area (Å²) in [4.78, 5) is 39.2. The van der Waals surface area contributed by atoms with Crippen molar-refractivity contribution in [3.8, 4) is 5.75 Å². The predicted octanol–water partition coefficient (Wildman–Crippen LogP) is 2.56. The molecular weight excluding hydrogens is 434 g/mol. The van der Waals surface area contributed by atoms with Gasteiger partial charge in [-0.2, -0.15) is 5.10 Å². The number of hydrogen-bond donors (Lipinski definition) is 2. The first-order valence-corrected chi connectivity index (χ1v) is 12.2. The maximum atomic E-state index is 13.0. The SMILES string of the molecule is O=C(NC1CCCCC1)NC1CCN(C(=O)c2ccc(=O)n(CCOc3ccccc3)n2)CC1. The van der Waals surface area contributed by atoms with Crippen molar-refractivity contribution in [3.63, 3.8) is 0 Å². The number of ether oxygens (including phenoxy) is 1. The highest BCUT2D eigenvalue weighted by molar-refractivity contribution is 5.92. The average Bonchev–Trinajstić information content (AvgIpc) is 2.86. The molecule has 2 N–H and O–H groups in total. The molecule has 0 spiro atoms. The lowest BCUT2D eigenvalue weighted by molar-refractivity contribution is 0.0699. The Morgan fingerprint density at radius 2 is 1.59 bits per heavy atom. The van der Waals surface area contributed by atoms with Crippen molar-refractivity contribution in [1.29, 1.82) is 0 Å². The van der Waals surface area contributed by atoms with E-state index >= 15 is 0 Å². The van der Waals surface area contributed by atoms with Crippen molar-refractivity contribution in [2.75, 3.05) is 19.7 Å². The van der Waals surface area contributed by atoms with E-state index in [9.17, 15) is 14.4 Å². The number of carbonyl (C=O) groups is 2. The highest BCUT2D eigenvalue weighted by atomic mass is 16.5. The van der Waals surface area contributed by atoms with Crippen molar-refractivity contribution in [1.82, 2.24) is 25.3 Å². The van der Waals surface area contributed by atoms with Crippen LogP contribution < -0.4 is 20.9 Å². The predicted molar refractivity (Wildman–Crippen MR) is 128 cm³/mol. The molecule has 1 saturated heterocycles. The number of para-hydroxylation sites is 1. The highest BCUT2D eigenvalue weighted by Gasteiger charge is 2.26. The van der Waals surface area contributed by atoms with Gasteiger partial charge in [0.2, 0.25) is 0 Å². The second-order valence-corrected chi connectivity index (χ2v) is 8.96. The van der Waals surface area contributed by atoms with Gasteiger partial charge in [-0.25, -0.2) is 9.48 Å². The minimum Gasteiger partial charge on any atom is -0.492 e. The van der Waals surface area contributed by atoms with Gasteiger partial charge in [0.1, 0.15) is 18.1 Å². The van der Waals surface area contributed by atoms with Gasteiger partial charge in [-0.15, -0.1) is 0 Å². The molecule has 2 aliphatic rings. The molecule has 2 fully saturated rings. The lowest BCUT2D eigenvalue weighted by Crippen LogP contribution is -2.51. The number of benzene rings is 1. The summed E-state index contributed by atoms with van der Waals surface area (Å²) in [6.07, 6.45) is 7.07. The molecule has 2 heterocycles. The number of urea groups is 1. The summed E-state index contributed by atoms with van der Waals surface area (Å²) in [7, 11) is 0. The lowest BCUT2D eigenvalue weighted by Gasteiger charge is -2.33. The minimum atomic E-state index is -0.278. The van der Waals surface area contributed by atoms with Gasteiger partial charge in [0.15, 0.2) is 0 Å². The molecule has 9 heteroatoms. The third-order valence-corrected chi connectivity index (χ3v) is 6.46. The molecule has 1 aliphatic carbocycles. The lowest BCUT2D eigenvalue weighted by atomic mass is 9.96. The summed E-state index contributed by atoms with van der Waals surface area (Å²) in [5.74, 6) is 0.509. The van der Waals surface area contributed by atoms with Crippen molar-refractivity contribution in [2.45, 2.75) is 63.6 Å². The van der Waals surface area contributed by atoms with Crippen LogP contribution in [0.15, 0.2) is 47.3 Å². The van der Waals surface area contributed by atoms with Crippen molar-refractivity contribution in [2.24, 2.45) is 0 Å².